The maximum Gasteiger partial charge on any atom is 0.220 e. The van der Waals surface area contributed by atoms with Gasteiger partial charge in [-0.1, -0.05) is 251 Å². The number of amides is 1. The summed E-state index contributed by atoms with van der Waals surface area (Å²) in [7, 11) is 0. The Morgan fingerprint density at radius 2 is 0.725 bits per heavy atom. The minimum atomic E-state index is -0.832. The third kappa shape index (κ3) is 40.2. The van der Waals surface area contributed by atoms with Crippen molar-refractivity contribution in [1.82, 2.24) is 5.32 Å². The number of unbranched alkanes of at least 4 members (excludes halogenated alkanes) is 36. The molecule has 1 amide bonds. The summed E-state index contributed by atoms with van der Waals surface area (Å²) < 4.78 is 0. The van der Waals surface area contributed by atoms with Gasteiger partial charge in [-0.05, 0) is 19.3 Å². The molecule has 0 aliphatic carbocycles. The lowest BCUT2D eigenvalue weighted by Crippen LogP contribution is -2.45. The van der Waals surface area contributed by atoms with Gasteiger partial charge in [0.05, 0.1) is 18.8 Å². The van der Waals surface area contributed by atoms with E-state index in [1.807, 2.05) is 6.08 Å². The van der Waals surface area contributed by atoms with Crippen molar-refractivity contribution >= 4 is 5.91 Å². The molecule has 0 aromatic carbocycles. The first-order valence-electron chi connectivity index (χ1n) is 23.4. The van der Waals surface area contributed by atoms with Crippen LogP contribution in [0, 0.1) is 0 Å². The van der Waals surface area contributed by atoms with E-state index in [1.54, 1.807) is 6.08 Å². The first-order chi connectivity index (χ1) is 25.2. The zero-order chi connectivity index (χ0) is 37.1. The van der Waals surface area contributed by atoms with Crippen molar-refractivity contribution in [1.29, 1.82) is 0 Å². The van der Waals surface area contributed by atoms with E-state index in [2.05, 4.69) is 19.2 Å². The van der Waals surface area contributed by atoms with Crippen molar-refractivity contribution in [3.8, 4) is 0 Å². The van der Waals surface area contributed by atoms with E-state index in [1.165, 1.54) is 218 Å². The van der Waals surface area contributed by atoms with E-state index >= 15 is 0 Å². The van der Waals surface area contributed by atoms with Crippen LogP contribution in [0.25, 0.3) is 0 Å². The van der Waals surface area contributed by atoms with Crippen LogP contribution in [0.2, 0.25) is 0 Å². The fraction of sp³-hybridized carbons (Fsp3) is 0.936. The molecular weight excluding hydrogens is 627 g/mol. The predicted octanol–water partition coefficient (Wildman–Crippen LogP) is 14.6. The average molecular weight is 720 g/mol. The standard InChI is InChI=1S/C47H93NO3/c1-3-5-7-9-11-13-14-15-16-17-18-19-20-21-22-23-24-25-26-27-28-29-30-31-32-33-34-35-36-38-40-42-46(50)45(44-49)48-47(51)43-41-39-37-12-10-8-6-4-2/h40,42,45-46,49-50H,3-39,41,43-44H2,1-2H3,(H,48,51)/b42-40+. The second kappa shape index (κ2) is 43.5. The van der Waals surface area contributed by atoms with Crippen LogP contribution in [0.1, 0.15) is 264 Å². The Hall–Kier alpha value is -0.870. The monoisotopic (exact) mass is 720 g/mol. The molecular formula is C47H93NO3. The molecule has 51 heavy (non-hydrogen) atoms. The van der Waals surface area contributed by atoms with Crippen LogP contribution in [0.4, 0.5) is 0 Å². The summed E-state index contributed by atoms with van der Waals surface area (Å²) in [5.74, 6) is -0.0663. The van der Waals surface area contributed by atoms with Crippen molar-refractivity contribution in [3.63, 3.8) is 0 Å². The minimum Gasteiger partial charge on any atom is -0.394 e. The molecule has 0 aromatic heterocycles. The van der Waals surface area contributed by atoms with E-state index < -0.39 is 12.1 Å². The average Bonchev–Trinajstić information content (AvgIpc) is 3.13. The van der Waals surface area contributed by atoms with Gasteiger partial charge in [0.15, 0.2) is 0 Å². The lowest BCUT2D eigenvalue weighted by molar-refractivity contribution is -0.123. The molecule has 0 saturated heterocycles. The summed E-state index contributed by atoms with van der Waals surface area (Å²) in [6.07, 6.45) is 55.1. The molecule has 2 atom stereocenters. The molecule has 4 nitrogen and oxygen atoms in total. The van der Waals surface area contributed by atoms with Gasteiger partial charge in [0.25, 0.3) is 0 Å². The molecule has 0 fully saturated rings. The third-order valence-corrected chi connectivity index (χ3v) is 11.0. The Morgan fingerprint density at radius 3 is 1.02 bits per heavy atom. The number of allylic oxidation sites excluding steroid dienone is 1. The second-order valence-electron chi connectivity index (χ2n) is 16.2. The molecule has 0 saturated carbocycles. The van der Waals surface area contributed by atoms with Crippen LogP contribution in [-0.4, -0.2) is 34.9 Å². The van der Waals surface area contributed by atoms with Crippen molar-refractivity contribution in [2.75, 3.05) is 6.61 Å². The van der Waals surface area contributed by atoms with Crippen molar-refractivity contribution in [2.24, 2.45) is 0 Å². The molecule has 0 heterocycles. The maximum atomic E-state index is 12.2. The largest absolute Gasteiger partial charge is 0.394 e. The van der Waals surface area contributed by atoms with E-state index in [-0.39, 0.29) is 12.5 Å². The number of aliphatic hydroxyl groups excluding tert-OH is 2. The fourth-order valence-electron chi connectivity index (χ4n) is 7.42. The Morgan fingerprint density at radius 1 is 0.451 bits per heavy atom. The predicted molar refractivity (Wildman–Crippen MR) is 226 cm³/mol. The number of hydrogen-bond acceptors (Lipinski definition) is 3. The van der Waals surface area contributed by atoms with Gasteiger partial charge < -0.3 is 15.5 Å². The molecule has 0 radical (unpaired) electrons. The molecule has 0 aromatic rings. The molecule has 0 bridgehead atoms. The first-order valence-corrected chi connectivity index (χ1v) is 23.4. The molecule has 4 heteroatoms. The van der Waals surface area contributed by atoms with Gasteiger partial charge in [-0.2, -0.15) is 0 Å². The topological polar surface area (TPSA) is 69.6 Å². The first kappa shape index (κ1) is 50.1. The normalized spacial score (nSPS) is 12.9. The molecule has 2 unspecified atom stereocenters. The van der Waals surface area contributed by atoms with Crippen LogP contribution < -0.4 is 5.32 Å². The Bertz CT molecular complexity index is 695. The van der Waals surface area contributed by atoms with Crippen LogP contribution in [-0.2, 0) is 4.79 Å². The smallest absolute Gasteiger partial charge is 0.220 e. The van der Waals surface area contributed by atoms with Gasteiger partial charge in [0.2, 0.25) is 5.91 Å². The number of carbonyl (C=O) groups excluding carboxylic acids is 1. The van der Waals surface area contributed by atoms with E-state index in [9.17, 15) is 15.0 Å². The van der Waals surface area contributed by atoms with Gasteiger partial charge in [-0.25, -0.2) is 0 Å². The van der Waals surface area contributed by atoms with Gasteiger partial charge in [0, 0.05) is 6.42 Å². The Kier molecular flexibility index (Phi) is 42.8. The fourth-order valence-corrected chi connectivity index (χ4v) is 7.42. The molecule has 0 spiro atoms. The zero-order valence-corrected chi connectivity index (χ0v) is 34.9. The second-order valence-corrected chi connectivity index (χ2v) is 16.2. The molecule has 304 valence electrons. The van der Waals surface area contributed by atoms with Crippen LogP contribution in [0.5, 0.6) is 0 Å². The van der Waals surface area contributed by atoms with Crippen LogP contribution in [0.3, 0.4) is 0 Å². The maximum absolute atomic E-state index is 12.2. The van der Waals surface area contributed by atoms with Gasteiger partial charge in [-0.3, -0.25) is 4.79 Å². The van der Waals surface area contributed by atoms with Crippen molar-refractivity contribution < 1.29 is 15.0 Å². The van der Waals surface area contributed by atoms with Crippen molar-refractivity contribution in [3.05, 3.63) is 12.2 Å². The summed E-state index contributed by atoms with van der Waals surface area (Å²) >= 11 is 0. The number of hydrogen-bond donors (Lipinski definition) is 3. The highest BCUT2D eigenvalue weighted by atomic mass is 16.3. The van der Waals surface area contributed by atoms with Gasteiger partial charge in [-0.15, -0.1) is 0 Å². The minimum absolute atomic E-state index is 0.0663. The Labute approximate surface area is 320 Å². The number of aliphatic hydroxyl groups is 2. The highest BCUT2D eigenvalue weighted by Gasteiger charge is 2.17. The molecule has 3 N–H and O–H groups in total. The SMILES string of the molecule is CCCCCCCCCCCCCCCCCCCCCCCCCCCCCCC/C=C/C(O)C(CO)NC(=O)CCCCCCCCCC. The lowest BCUT2D eigenvalue weighted by Gasteiger charge is -2.20. The molecule has 0 aliphatic heterocycles. The van der Waals surface area contributed by atoms with E-state index in [0.29, 0.717) is 6.42 Å². The molecule has 0 aliphatic rings. The van der Waals surface area contributed by atoms with Gasteiger partial charge in [0.1, 0.15) is 0 Å². The van der Waals surface area contributed by atoms with E-state index in [4.69, 9.17) is 0 Å². The zero-order valence-electron chi connectivity index (χ0n) is 34.9. The van der Waals surface area contributed by atoms with Gasteiger partial charge >= 0.3 is 0 Å². The van der Waals surface area contributed by atoms with Crippen LogP contribution in [0.15, 0.2) is 12.2 Å². The summed E-state index contributed by atoms with van der Waals surface area (Å²) in [5.41, 5.74) is 0. The Balaban J connectivity index is 3.38. The number of nitrogens with one attached hydrogen (secondary N) is 1. The number of rotatable bonds is 43. The summed E-state index contributed by atoms with van der Waals surface area (Å²) in [4.78, 5) is 12.2. The quantitative estimate of drug-likeness (QED) is 0.0434. The van der Waals surface area contributed by atoms with Crippen molar-refractivity contribution in [2.45, 2.75) is 276 Å². The third-order valence-electron chi connectivity index (χ3n) is 11.0. The lowest BCUT2D eigenvalue weighted by atomic mass is 10.0. The van der Waals surface area contributed by atoms with Crippen LogP contribution >= 0.6 is 0 Å². The summed E-state index contributed by atoms with van der Waals surface area (Å²) in [5, 5.41) is 22.9. The van der Waals surface area contributed by atoms with E-state index in [0.717, 1.165) is 25.7 Å². The summed E-state index contributed by atoms with van der Waals surface area (Å²) in [6, 6.07) is -0.615. The summed E-state index contributed by atoms with van der Waals surface area (Å²) in [6.45, 7) is 4.29. The molecule has 0 rings (SSSR count). The highest BCUT2D eigenvalue weighted by Crippen LogP contribution is 2.17. The number of carbonyl (C=O) groups is 1. The highest BCUT2D eigenvalue weighted by molar-refractivity contribution is 5.76.